The molecular formula is C17H23N5O6. The van der Waals surface area contributed by atoms with Gasteiger partial charge >= 0.3 is 11.7 Å². The van der Waals surface area contributed by atoms with Gasteiger partial charge in [0.2, 0.25) is 5.52 Å². The van der Waals surface area contributed by atoms with Crippen molar-refractivity contribution in [2.24, 2.45) is 5.92 Å². The summed E-state index contributed by atoms with van der Waals surface area (Å²) in [6.07, 6.45) is 1.95. The van der Waals surface area contributed by atoms with Crippen LogP contribution in [0.15, 0.2) is 10.7 Å². The predicted octanol–water partition coefficient (Wildman–Crippen LogP) is 1.70. The van der Waals surface area contributed by atoms with E-state index in [0.29, 0.717) is 38.3 Å². The first-order valence-electron chi connectivity index (χ1n) is 9.26. The fourth-order valence-corrected chi connectivity index (χ4v) is 3.42. The van der Waals surface area contributed by atoms with Crippen molar-refractivity contribution >= 4 is 34.1 Å². The number of anilines is 2. The predicted molar refractivity (Wildman–Crippen MR) is 100 cm³/mol. The highest BCUT2D eigenvalue weighted by molar-refractivity contribution is 6.00. The van der Waals surface area contributed by atoms with Crippen molar-refractivity contribution in [1.82, 2.24) is 10.3 Å². The second kappa shape index (κ2) is 8.83. The number of hydrogen-bond acceptors (Lipinski definition) is 10. The van der Waals surface area contributed by atoms with Gasteiger partial charge in [0, 0.05) is 26.2 Å². The number of aliphatic hydroxyl groups is 1. The van der Waals surface area contributed by atoms with E-state index in [9.17, 15) is 14.9 Å². The Morgan fingerprint density at radius 3 is 3.00 bits per heavy atom. The van der Waals surface area contributed by atoms with E-state index in [1.54, 1.807) is 13.0 Å². The molecule has 1 aromatic heterocycles. The Hall–Kier alpha value is -2.95. The van der Waals surface area contributed by atoms with Crippen LogP contribution in [0.1, 0.15) is 26.2 Å². The fraction of sp³-hybridized carbons (Fsp3) is 0.588. The van der Waals surface area contributed by atoms with Gasteiger partial charge in [0.15, 0.2) is 5.52 Å². The molecule has 0 unspecified atom stereocenters. The Kier molecular flexibility index (Phi) is 6.24. The van der Waals surface area contributed by atoms with Crippen molar-refractivity contribution in [3.63, 3.8) is 0 Å². The molecule has 2 heterocycles. The number of ether oxygens (including phenoxy) is 1. The lowest BCUT2D eigenvalue weighted by Gasteiger charge is -2.33. The third kappa shape index (κ3) is 3.98. The van der Waals surface area contributed by atoms with Crippen molar-refractivity contribution in [2.45, 2.75) is 26.2 Å². The van der Waals surface area contributed by atoms with E-state index in [2.05, 4.69) is 15.6 Å². The zero-order valence-electron chi connectivity index (χ0n) is 15.6. The van der Waals surface area contributed by atoms with E-state index in [0.717, 1.165) is 12.8 Å². The zero-order chi connectivity index (χ0) is 20.1. The highest BCUT2D eigenvalue weighted by Gasteiger charge is 2.32. The third-order valence-corrected chi connectivity index (χ3v) is 4.71. The van der Waals surface area contributed by atoms with Crippen molar-refractivity contribution in [3.05, 3.63) is 16.2 Å². The number of nitro benzene ring substituents is 1. The molecule has 3 rings (SSSR count). The Labute approximate surface area is 160 Å². The molecule has 2 N–H and O–H groups in total. The topological polar surface area (TPSA) is 144 Å². The molecule has 1 aliphatic heterocycles. The highest BCUT2D eigenvalue weighted by atomic mass is 16.6. The normalized spacial score (nSPS) is 16.9. The Morgan fingerprint density at radius 2 is 2.29 bits per heavy atom. The number of nitro groups is 1. The molecular weight excluding hydrogens is 370 g/mol. The Bertz CT molecular complexity index is 854. The smallest absolute Gasteiger partial charge is 0.323 e. The van der Waals surface area contributed by atoms with Crippen LogP contribution in [0, 0.1) is 16.0 Å². The van der Waals surface area contributed by atoms with Gasteiger partial charge in [-0.1, -0.05) is 0 Å². The van der Waals surface area contributed by atoms with Crippen molar-refractivity contribution in [2.75, 3.05) is 43.1 Å². The molecule has 1 atom stereocenters. The molecule has 1 aromatic carbocycles. The van der Waals surface area contributed by atoms with Crippen molar-refractivity contribution < 1.29 is 24.2 Å². The van der Waals surface area contributed by atoms with Crippen molar-refractivity contribution in [3.8, 4) is 0 Å². The summed E-state index contributed by atoms with van der Waals surface area (Å²) in [5.74, 6) is -0.519. The van der Waals surface area contributed by atoms with Crippen LogP contribution in [-0.4, -0.2) is 59.2 Å². The van der Waals surface area contributed by atoms with Crippen LogP contribution in [0.3, 0.4) is 0 Å². The molecule has 11 nitrogen and oxygen atoms in total. The number of benzene rings is 1. The molecule has 0 radical (unpaired) electrons. The largest absolute Gasteiger partial charge is 0.466 e. The van der Waals surface area contributed by atoms with E-state index in [4.69, 9.17) is 14.5 Å². The maximum absolute atomic E-state index is 12.2. The van der Waals surface area contributed by atoms with Crippen LogP contribution >= 0.6 is 0 Å². The molecule has 1 aliphatic rings. The molecule has 0 bridgehead atoms. The molecule has 0 aliphatic carbocycles. The van der Waals surface area contributed by atoms with E-state index in [-0.39, 0.29) is 40.9 Å². The molecule has 28 heavy (non-hydrogen) atoms. The SMILES string of the molecule is CCOC(=O)[C@H]1CCCN(c2cc(NCCCO)c([N+](=O)[O-])c3nonc23)C1. The number of aliphatic hydroxyl groups excluding tert-OH is 1. The van der Waals surface area contributed by atoms with Gasteiger partial charge in [-0.05, 0) is 42.6 Å². The third-order valence-electron chi connectivity index (χ3n) is 4.71. The summed E-state index contributed by atoms with van der Waals surface area (Å²) in [5.41, 5.74) is 0.991. The first kappa shape index (κ1) is 19.8. The summed E-state index contributed by atoms with van der Waals surface area (Å²) >= 11 is 0. The molecule has 2 aromatic rings. The first-order chi connectivity index (χ1) is 13.6. The summed E-state index contributed by atoms with van der Waals surface area (Å²) < 4.78 is 9.93. The maximum Gasteiger partial charge on any atom is 0.323 e. The first-order valence-corrected chi connectivity index (χ1v) is 9.26. The number of fused-ring (bicyclic) bond motifs is 1. The number of nitrogens with one attached hydrogen (secondary N) is 1. The van der Waals surface area contributed by atoms with Crippen LogP contribution in [0.25, 0.3) is 11.0 Å². The van der Waals surface area contributed by atoms with Gasteiger partial charge in [-0.2, -0.15) is 0 Å². The monoisotopic (exact) mass is 393 g/mol. The van der Waals surface area contributed by atoms with E-state index in [1.165, 1.54) is 0 Å². The van der Waals surface area contributed by atoms with Crippen molar-refractivity contribution in [1.29, 1.82) is 0 Å². The second-order valence-electron chi connectivity index (χ2n) is 6.55. The van der Waals surface area contributed by atoms with Gasteiger partial charge in [-0.15, -0.1) is 0 Å². The standard InChI is InChI=1S/C17H23N5O6/c1-2-27-17(24)11-5-3-7-21(10-11)13-9-12(18-6-4-8-23)16(22(25)26)15-14(13)19-28-20-15/h9,11,18,23H,2-8,10H2,1H3/t11-/m0/s1. The summed E-state index contributed by atoms with van der Waals surface area (Å²) in [6.45, 7) is 3.52. The minimum absolute atomic E-state index is 0.0330. The Morgan fingerprint density at radius 1 is 1.50 bits per heavy atom. The summed E-state index contributed by atoms with van der Waals surface area (Å²) in [5, 5.41) is 31.2. The van der Waals surface area contributed by atoms with Gasteiger partial charge in [-0.3, -0.25) is 14.9 Å². The van der Waals surface area contributed by atoms with E-state index >= 15 is 0 Å². The van der Waals surface area contributed by atoms with Crippen LogP contribution in [0.2, 0.25) is 0 Å². The second-order valence-corrected chi connectivity index (χ2v) is 6.55. The molecule has 152 valence electrons. The molecule has 11 heteroatoms. The molecule has 0 amide bonds. The molecule has 1 fully saturated rings. The highest BCUT2D eigenvalue weighted by Crippen LogP contribution is 2.39. The van der Waals surface area contributed by atoms with Crippen LogP contribution < -0.4 is 10.2 Å². The number of hydrogen-bond donors (Lipinski definition) is 2. The quantitative estimate of drug-likeness (QED) is 0.294. The number of nitrogens with zero attached hydrogens (tertiary/aromatic N) is 4. The molecule has 0 saturated carbocycles. The minimum atomic E-state index is -0.533. The van der Waals surface area contributed by atoms with Crippen LogP contribution in [-0.2, 0) is 9.53 Å². The van der Waals surface area contributed by atoms with Gasteiger partial charge in [0.1, 0.15) is 5.69 Å². The van der Waals surface area contributed by atoms with Gasteiger partial charge in [0.05, 0.1) is 23.1 Å². The Balaban J connectivity index is 1.98. The van der Waals surface area contributed by atoms with E-state index < -0.39 is 4.92 Å². The summed E-state index contributed by atoms with van der Waals surface area (Å²) in [4.78, 5) is 25.2. The number of piperidine rings is 1. The number of esters is 1. The number of aromatic nitrogens is 2. The molecule has 1 saturated heterocycles. The van der Waals surface area contributed by atoms with Crippen LogP contribution in [0.4, 0.5) is 17.1 Å². The minimum Gasteiger partial charge on any atom is -0.466 e. The number of rotatable bonds is 8. The zero-order valence-corrected chi connectivity index (χ0v) is 15.6. The number of carbonyl (C=O) groups excluding carboxylic acids is 1. The van der Waals surface area contributed by atoms with Crippen LogP contribution in [0.5, 0.6) is 0 Å². The lowest BCUT2D eigenvalue weighted by atomic mass is 9.97. The average molecular weight is 393 g/mol. The lowest BCUT2D eigenvalue weighted by Crippen LogP contribution is -2.39. The fourth-order valence-electron chi connectivity index (χ4n) is 3.42. The van der Waals surface area contributed by atoms with Gasteiger partial charge in [0.25, 0.3) is 0 Å². The summed E-state index contributed by atoms with van der Waals surface area (Å²) in [6, 6.07) is 1.63. The van der Waals surface area contributed by atoms with Gasteiger partial charge < -0.3 is 20.1 Å². The lowest BCUT2D eigenvalue weighted by molar-refractivity contribution is -0.382. The number of carbonyl (C=O) groups is 1. The van der Waals surface area contributed by atoms with E-state index in [1.807, 2.05) is 4.90 Å². The molecule has 0 spiro atoms. The maximum atomic E-state index is 12.2. The van der Waals surface area contributed by atoms with Gasteiger partial charge in [-0.25, -0.2) is 4.63 Å². The summed E-state index contributed by atoms with van der Waals surface area (Å²) in [7, 11) is 0. The average Bonchev–Trinajstić information content (AvgIpc) is 3.16.